The minimum Gasteiger partial charge on any atom is -0.478 e. The normalized spacial score (nSPS) is 17.9. The third-order valence-corrected chi connectivity index (χ3v) is 5.43. The molecule has 0 bridgehead atoms. The Bertz CT molecular complexity index is 799. The Morgan fingerprint density at radius 2 is 1.81 bits per heavy atom. The van der Waals surface area contributed by atoms with Gasteiger partial charge in [-0.2, -0.15) is 0 Å². The zero-order chi connectivity index (χ0) is 19.6. The van der Waals surface area contributed by atoms with E-state index in [2.05, 4.69) is 51.3 Å². The van der Waals surface area contributed by atoms with Crippen LogP contribution in [-0.4, -0.2) is 27.2 Å². The van der Waals surface area contributed by atoms with Gasteiger partial charge in [0, 0.05) is 6.42 Å². The summed E-state index contributed by atoms with van der Waals surface area (Å²) in [5.74, 6) is 0.608. The van der Waals surface area contributed by atoms with Crippen LogP contribution in [0.15, 0.2) is 48.5 Å². The molecular formula is C22H28NO3Si. The lowest BCUT2D eigenvalue weighted by atomic mass is 9.85. The summed E-state index contributed by atoms with van der Waals surface area (Å²) in [5.41, 5.74) is 2.83. The summed E-state index contributed by atoms with van der Waals surface area (Å²) in [6, 6.07) is 16.0. The molecule has 0 saturated carbocycles. The van der Waals surface area contributed by atoms with E-state index in [-0.39, 0.29) is 17.4 Å². The molecule has 0 aliphatic carbocycles. The Balaban J connectivity index is 1.79. The summed E-state index contributed by atoms with van der Waals surface area (Å²) in [7, 11) is -0.866. The predicted octanol–water partition coefficient (Wildman–Crippen LogP) is 5.13. The average Bonchev–Trinajstić information content (AvgIpc) is 2.61. The van der Waals surface area contributed by atoms with E-state index in [0.29, 0.717) is 12.2 Å². The van der Waals surface area contributed by atoms with Gasteiger partial charge in [0.15, 0.2) is 6.10 Å². The minimum absolute atomic E-state index is 0.0257. The average molecular weight is 383 g/mol. The molecule has 1 radical (unpaired) electrons. The maximum atomic E-state index is 12.7. The first-order valence-electron chi connectivity index (χ1n) is 9.38. The van der Waals surface area contributed by atoms with Gasteiger partial charge >= 0.3 is 0 Å². The lowest BCUT2D eigenvalue weighted by Crippen LogP contribution is -2.44. The van der Waals surface area contributed by atoms with Gasteiger partial charge in [0.25, 0.3) is 5.91 Å². The molecule has 2 atom stereocenters. The number of anilines is 1. The van der Waals surface area contributed by atoms with Crippen LogP contribution >= 0.6 is 0 Å². The first-order chi connectivity index (χ1) is 12.7. The fourth-order valence-electron chi connectivity index (χ4n) is 3.17. The van der Waals surface area contributed by atoms with Crippen molar-refractivity contribution in [2.45, 2.75) is 52.5 Å². The molecule has 1 aliphatic heterocycles. The maximum Gasteiger partial charge on any atom is 0.265 e. The largest absolute Gasteiger partial charge is 0.478 e. The van der Waals surface area contributed by atoms with E-state index in [9.17, 15) is 4.79 Å². The zero-order valence-corrected chi connectivity index (χ0v) is 17.7. The van der Waals surface area contributed by atoms with E-state index in [1.807, 2.05) is 36.4 Å². The Hall–Kier alpha value is -2.11. The van der Waals surface area contributed by atoms with E-state index in [1.165, 1.54) is 0 Å². The molecule has 5 heteroatoms. The number of amides is 1. The molecule has 0 spiro atoms. The van der Waals surface area contributed by atoms with Gasteiger partial charge in [0.1, 0.15) is 5.75 Å². The van der Waals surface area contributed by atoms with Crippen LogP contribution in [-0.2, 0) is 9.22 Å². The number of fused-ring (bicyclic) bond motifs is 1. The van der Waals surface area contributed by atoms with Crippen molar-refractivity contribution < 1.29 is 14.0 Å². The van der Waals surface area contributed by atoms with Crippen LogP contribution in [0.5, 0.6) is 5.75 Å². The summed E-state index contributed by atoms with van der Waals surface area (Å²) in [6.07, 6.45) is -0.0154. The van der Waals surface area contributed by atoms with Crippen LogP contribution < -0.4 is 10.1 Å². The molecule has 0 fully saturated rings. The third kappa shape index (κ3) is 4.79. The molecule has 27 heavy (non-hydrogen) atoms. The van der Waals surface area contributed by atoms with Gasteiger partial charge in [-0.1, -0.05) is 57.2 Å². The lowest BCUT2D eigenvalue weighted by molar-refractivity contribution is -0.125. The van der Waals surface area contributed by atoms with Crippen LogP contribution in [0, 0.1) is 5.41 Å². The van der Waals surface area contributed by atoms with Crippen molar-refractivity contribution in [2.24, 2.45) is 5.41 Å². The van der Waals surface area contributed by atoms with E-state index in [1.54, 1.807) is 0 Å². The second-order valence-electron chi connectivity index (χ2n) is 8.29. The molecule has 0 saturated heterocycles. The number of carbonyl (C=O) groups excluding carboxylic acids is 1. The number of ether oxygens (including phenoxy) is 1. The molecule has 143 valence electrons. The van der Waals surface area contributed by atoms with Crippen molar-refractivity contribution in [3.8, 4) is 16.9 Å². The van der Waals surface area contributed by atoms with Gasteiger partial charge in [-0.15, -0.1) is 0 Å². The second-order valence-corrected chi connectivity index (χ2v) is 10.3. The third-order valence-electron chi connectivity index (χ3n) is 4.68. The van der Waals surface area contributed by atoms with Crippen LogP contribution in [0.3, 0.4) is 0 Å². The van der Waals surface area contributed by atoms with Crippen LogP contribution in [0.1, 0.15) is 27.2 Å². The number of hydrogen-bond donors (Lipinski definition) is 1. The summed E-state index contributed by atoms with van der Waals surface area (Å²) >= 11 is 0. The maximum absolute atomic E-state index is 12.7. The number of hydrogen-bond acceptors (Lipinski definition) is 3. The topological polar surface area (TPSA) is 47.6 Å². The number of benzene rings is 2. The highest BCUT2D eigenvalue weighted by Crippen LogP contribution is 2.36. The molecule has 3 rings (SSSR count). The van der Waals surface area contributed by atoms with Crippen molar-refractivity contribution in [3.63, 3.8) is 0 Å². The van der Waals surface area contributed by atoms with Gasteiger partial charge in [0.2, 0.25) is 9.04 Å². The molecular weight excluding hydrogens is 354 g/mol. The van der Waals surface area contributed by atoms with Gasteiger partial charge in [-0.05, 0) is 41.8 Å². The number of carbonyl (C=O) groups is 1. The smallest absolute Gasteiger partial charge is 0.265 e. The first-order valence-corrected chi connectivity index (χ1v) is 11.8. The molecule has 1 heterocycles. The summed E-state index contributed by atoms with van der Waals surface area (Å²) < 4.78 is 12.2. The summed E-state index contributed by atoms with van der Waals surface area (Å²) in [4.78, 5) is 12.7. The van der Waals surface area contributed by atoms with Gasteiger partial charge in [-0.25, -0.2) is 0 Å². The molecule has 1 N–H and O–H groups in total. The highest BCUT2D eigenvalue weighted by atomic mass is 28.3. The zero-order valence-electron chi connectivity index (χ0n) is 16.7. The number of rotatable bonds is 5. The Morgan fingerprint density at radius 3 is 2.44 bits per heavy atom. The van der Waals surface area contributed by atoms with Crippen molar-refractivity contribution in [1.29, 1.82) is 0 Å². The Labute approximate surface area is 163 Å². The quantitative estimate of drug-likeness (QED) is 0.730. The monoisotopic (exact) mass is 382 g/mol. The lowest BCUT2D eigenvalue weighted by Gasteiger charge is -2.36. The first kappa shape index (κ1) is 19.6. The van der Waals surface area contributed by atoms with Crippen molar-refractivity contribution >= 4 is 20.6 Å². The highest BCUT2D eigenvalue weighted by Gasteiger charge is 2.35. The van der Waals surface area contributed by atoms with E-state index in [0.717, 1.165) is 16.8 Å². The molecule has 2 aromatic rings. The van der Waals surface area contributed by atoms with Crippen molar-refractivity contribution in [2.75, 3.05) is 5.32 Å². The van der Waals surface area contributed by atoms with Crippen molar-refractivity contribution in [3.05, 3.63) is 48.5 Å². The molecule has 4 nitrogen and oxygen atoms in total. The molecule has 1 amide bonds. The predicted molar refractivity (Wildman–Crippen MR) is 111 cm³/mol. The van der Waals surface area contributed by atoms with Crippen LogP contribution in [0.25, 0.3) is 11.1 Å². The fourth-order valence-corrected chi connectivity index (χ4v) is 4.19. The van der Waals surface area contributed by atoms with E-state index in [4.69, 9.17) is 9.16 Å². The molecule has 2 unspecified atom stereocenters. The number of nitrogens with one attached hydrogen (secondary N) is 1. The molecule has 1 aliphatic rings. The van der Waals surface area contributed by atoms with Gasteiger partial charge < -0.3 is 14.5 Å². The highest BCUT2D eigenvalue weighted by molar-refractivity contribution is 6.48. The SMILES string of the molecule is C[Si](C)OC(CC1Oc2ccc(-c3ccccc3)cc2NC1=O)C(C)(C)C. The minimum atomic E-state index is -0.866. The molecule has 0 aromatic heterocycles. The second kappa shape index (κ2) is 7.86. The van der Waals surface area contributed by atoms with E-state index >= 15 is 0 Å². The van der Waals surface area contributed by atoms with Crippen molar-refractivity contribution in [1.82, 2.24) is 0 Å². The summed E-state index contributed by atoms with van der Waals surface area (Å²) in [6.45, 7) is 10.7. The molecule has 2 aromatic carbocycles. The van der Waals surface area contributed by atoms with Crippen LogP contribution in [0.4, 0.5) is 5.69 Å². The van der Waals surface area contributed by atoms with Gasteiger partial charge in [-0.3, -0.25) is 4.79 Å². The van der Waals surface area contributed by atoms with Crippen LogP contribution in [0.2, 0.25) is 13.1 Å². The summed E-state index contributed by atoms with van der Waals surface area (Å²) in [5, 5.41) is 3.02. The van der Waals surface area contributed by atoms with E-state index < -0.39 is 15.1 Å². The Kier molecular flexibility index (Phi) is 5.72. The fraction of sp³-hybridized carbons (Fsp3) is 0.409. The standard InChI is InChI=1S/C22H28NO3Si/c1-22(2,3)20(26-27(4)5)14-19-21(24)23-17-13-16(11-12-18(17)25-19)15-9-7-6-8-10-15/h6-13,19-20H,14H2,1-5H3,(H,23,24). The Morgan fingerprint density at radius 1 is 1.11 bits per heavy atom. The van der Waals surface area contributed by atoms with Gasteiger partial charge in [0.05, 0.1) is 11.8 Å².